The quantitative estimate of drug-likeness (QED) is 0.582. The maximum absolute atomic E-state index is 14.8. The van der Waals surface area contributed by atoms with Crippen LogP contribution in [-0.2, 0) is 11.1 Å². The number of aromatic nitrogens is 2. The molecule has 1 aromatic carbocycles. The maximum Gasteiger partial charge on any atom is 0.257 e. The van der Waals surface area contributed by atoms with E-state index in [4.69, 9.17) is 5.10 Å². The molecule has 2 atom stereocenters. The molecule has 176 valence electrons. The van der Waals surface area contributed by atoms with E-state index in [1.54, 1.807) is 12.1 Å². The first-order chi connectivity index (χ1) is 15.7. The Bertz CT molecular complexity index is 1090. The Hall–Kier alpha value is -2.89. The Morgan fingerprint density at radius 1 is 1.27 bits per heavy atom. The minimum atomic E-state index is -0.788. The summed E-state index contributed by atoms with van der Waals surface area (Å²) in [6.07, 6.45) is 11.7. The Kier molecular flexibility index (Phi) is 6.21. The van der Waals surface area contributed by atoms with Crippen molar-refractivity contribution in [2.45, 2.75) is 77.4 Å². The van der Waals surface area contributed by atoms with E-state index >= 15 is 0 Å². The van der Waals surface area contributed by atoms with Crippen molar-refractivity contribution < 1.29 is 9.18 Å². The lowest BCUT2D eigenvalue weighted by Gasteiger charge is -2.41. The molecule has 1 aromatic heterocycles. The third-order valence-electron chi connectivity index (χ3n) is 7.38. The first-order valence-electron chi connectivity index (χ1n) is 12.0. The number of allylic oxidation sites excluding steroid dienone is 3. The van der Waals surface area contributed by atoms with E-state index in [1.165, 1.54) is 6.07 Å². The Morgan fingerprint density at radius 3 is 2.64 bits per heavy atom. The van der Waals surface area contributed by atoms with Crippen LogP contribution in [0.5, 0.6) is 0 Å². The van der Waals surface area contributed by atoms with Gasteiger partial charge in [-0.25, -0.2) is 9.07 Å². The Morgan fingerprint density at radius 2 is 2.00 bits per heavy atom. The maximum atomic E-state index is 14.8. The topological polar surface area (TPSA) is 59.0 Å². The molecule has 0 saturated heterocycles. The number of anilines is 1. The van der Waals surface area contributed by atoms with Crippen molar-refractivity contribution in [2.24, 2.45) is 5.92 Å². The van der Waals surface area contributed by atoms with Crippen LogP contribution < -0.4 is 10.6 Å². The molecule has 0 radical (unpaired) electrons. The van der Waals surface area contributed by atoms with Crippen LogP contribution in [0.1, 0.15) is 75.0 Å². The van der Waals surface area contributed by atoms with Gasteiger partial charge in [0, 0.05) is 17.5 Å². The molecule has 1 amide bonds. The van der Waals surface area contributed by atoms with Crippen LogP contribution in [0.15, 0.2) is 48.6 Å². The second-order valence-electron chi connectivity index (χ2n) is 9.92. The summed E-state index contributed by atoms with van der Waals surface area (Å²) >= 11 is 0. The monoisotopic (exact) mass is 450 g/mol. The number of fused-ring (bicyclic) bond motifs is 1. The molecular weight excluding hydrogens is 415 g/mol. The molecular formula is C27H35FN4O. The number of aryl methyl sites for hydroxylation is 1. The van der Waals surface area contributed by atoms with Gasteiger partial charge in [0.05, 0.1) is 16.8 Å². The average Bonchev–Trinajstić information content (AvgIpc) is 3.15. The van der Waals surface area contributed by atoms with Crippen LogP contribution in [0.25, 0.3) is 0 Å². The zero-order chi connectivity index (χ0) is 23.8. The Balaban J connectivity index is 1.71. The zero-order valence-corrected chi connectivity index (χ0v) is 20.3. The number of hydrogen-bond donors (Lipinski definition) is 2. The van der Waals surface area contributed by atoms with Crippen LogP contribution in [-0.4, -0.2) is 21.7 Å². The molecule has 2 aromatic rings. The van der Waals surface area contributed by atoms with E-state index in [0.29, 0.717) is 35.6 Å². The van der Waals surface area contributed by atoms with E-state index in [-0.39, 0.29) is 23.3 Å². The van der Waals surface area contributed by atoms with Gasteiger partial charge >= 0.3 is 0 Å². The van der Waals surface area contributed by atoms with Crippen molar-refractivity contribution >= 4 is 11.7 Å². The lowest BCUT2D eigenvalue weighted by atomic mass is 9.82. The highest BCUT2D eigenvalue weighted by Gasteiger charge is 2.41. The molecule has 0 bridgehead atoms. The van der Waals surface area contributed by atoms with Gasteiger partial charge in [0.25, 0.3) is 5.91 Å². The van der Waals surface area contributed by atoms with E-state index in [2.05, 4.69) is 48.8 Å². The first kappa shape index (κ1) is 23.3. The summed E-state index contributed by atoms with van der Waals surface area (Å²) in [5.41, 5.74) is 0.724. The summed E-state index contributed by atoms with van der Waals surface area (Å²) < 4.78 is 16.7. The number of rotatable bonds is 6. The van der Waals surface area contributed by atoms with Crippen molar-refractivity contribution in [3.63, 3.8) is 0 Å². The van der Waals surface area contributed by atoms with Crippen molar-refractivity contribution in [3.05, 3.63) is 71.2 Å². The first-order valence-corrected chi connectivity index (χ1v) is 12.0. The predicted molar refractivity (Wildman–Crippen MR) is 131 cm³/mol. The van der Waals surface area contributed by atoms with Crippen molar-refractivity contribution in [2.75, 3.05) is 5.32 Å². The predicted octanol–water partition coefficient (Wildman–Crippen LogP) is 5.83. The van der Waals surface area contributed by atoms with Gasteiger partial charge in [-0.05, 0) is 52.5 Å². The molecule has 33 heavy (non-hydrogen) atoms. The zero-order valence-electron chi connectivity index (χ0n) is 20.3. The average molecular weight is 451 g/mol. The van der Waals surface area contributed by atoms with E-state index in [0.717, 1.165) is 18.7 Å². The summed E-state index contributed by atoms with van der Waals surface area (Å²) in [7, 11) is 0. The highest BCUT2D eigenvalue weighted by molar-refractivity contribution is 6.00. The van der Waals surface area contributed by atoms with Gasteiger partial charge in [-0.3, -0.25) is 4.79 Å². The molecule has 2 aliphatic rings. The summed E-state index contributed by atoms with van der Waals surface area (Å²) in [6, 6.07) is 6.91. The standard InChI is InChI=1S/C27H35FN4O/c1-6-27(7-2,20-15-11-12-16-21(20)28)30-25(33)23-18(3)31-32-24(23)29-22(17-26(32,4)5)19-13-9-8-10-14-19/h8-13,15-16,19,22,29H,6-7,14,17H2,1-5H3,(H,30,33)/t19?,22-/m1/s1. The van der Waals surface area contributed by atoms with Crippen molar-refractivity contribution in [1.29, 1.82) is 0 Å². The summed E-state index contributed by atoms with van der Waals surface area (Å²) in [6.45, 7) is 10.2. The number of carbonyl (C=O) groups is 1. The van der Waals surface area contributed by atoms with Gasteiger partial charge in [-0.1, -0.05) is 56.4 Å². The number of halogens is 1. The number of carbonyl (C=O) groups excluding carboxylic acids is 1. The second kappa shape index (κ2) is 8.81. The van der Waals surface area contributed by atoms with Gasteiger partial charge in [-0.15, -0.1) is 0 Å². The van der Waals surface area contributed by atoms with Crippen LogP contribution in [0.4, 0.5) is 10.2 Å². The van der Waals surface area contributed by atoms with Crippen LogP contribution in [0, 0.1) is 18.7 Å². The molecule has 6 heteroatoms. The number of nitrogens with zero attached hydrogens (tertiary/aromatic N) is 2. The SMILES string of the molecule is CCC(CC)(NC(=O)c1c(C)nn2c1N[C@@H](C1C=CC=CC1)CC2(C)C)c1ccccc1F. The second-order valence-corrected chi connectivity index (χ2v) is 9.92. The van der Waals surface area contributed by atoms with Crippen LogP contribution in [0.2, 0.25) is 0 Å². The molecule has 0 saturated carbocycles. The van der Waals surface area contributed by atoms with E-state index < -0.39 is 5.54 Å². The van der Waals surface area contributed by atoms with Gasteiger partial charge in [0.15, 0.2) is 0 Å². The Labute approximate surface area is 196 Å². The smallest absolute Gasteiger partial charge is 0.257 e. The number of hydrogen-bond acceptors (Lipinski definition) is 3. The minimum Gasteiger partial charge on any atom is -0.366 e. The fourth-order valence-corrected chi connectivity index (χ4v) is 5.38. The van der Waals surface area contributed by atoms with E-state index in [1.807, 2.05) is 31.5 Å². The third kappa shape index (κ3) is 4.11. The minimum absolute atomic E-state index is 0.199. The molecule has 0 fully saturated rings. The summed E-state index contributed by atoms with van der Waals surface area (Å²) in [5.74, 6) is 0.595. The van der Waals surface area contributed by atoms with Gasteiger partial charge < -0.3 is 10.6 Å². The molecule has 0 spiro atoms. The van der Waals surface area contributed by atoms with Crippen molar-refractivity contribution in [1.82, 2.24) is 15.1 Å². The summed E-state index contributed by atoms with van der Waals surface area (Å²) in [4.78, 5) is 13.8. The number of amides is 1. The highest BCUT2D eigenvalue weighted by atomic mass is 19.1. The third-order valence-corrected chi connectivity index (χ3v) is 7.38. The van der Waals surface area contributed by atoms with Crippen molar-refractivity contribution in [3.8, 4) is 0 Å². The number of benzene rings is 1. The van der Waals surface area contributed by atoms with Crippen LogP contribution in [0.3, 0.4) is 0 Å². The van der Waals surface area contributed by atoms with Gasteiger partial charge in [0.2, 0.25) is 0 Å². The highest BCUT2D eigenvalue weighted by Crippen LogP contribution is 2.39. The van der Waals surface area contributed by atoms with Gasteiger partial charge in [0.1, 0.15) is 17.2 Å². The molecule has 2 heterocycles. The molecule has 1 aliphatic carbocycles. The largest absolute Gasteiger partial charge is 0.366 e. The lowest BCUT2D eigenvalue weighted by Crippen LogP contribution is -2.47. The molecule has 5 nitrogen and oxygen atoms in total. The van der Waals surface area contributed by atoms with Gasteiger partial charge in [-0.2, -0.15) is 5.10 Å². The number of nitrogens with one attached hydrogen (secondary N) is 2. The fraction of sp³-hybridized carbons (Fsp3) is 0.481. The normalized spacial score (nSPS) is 21.4. The van der Waals surface area contributed by atoms with E-state index in [9.17, 15) is 9.18 Å². The molecule has 1 aliphatic heterocycles. The molecule has 4 rings (SSSR count). The summed E-state index contributed by atoms with van der Waals surface area (Å²) in [5, 5.41) is 11.6. The molecule has 2 N–H and O–H groups in total. The van der Waals surface area contributed by atoms with Crippen LogP contribution >= 0.6 is 0 Å². The lowest BCUT2D eigenvalue weighted by molar-refractivity contribution is 0.0887. The molecule has 1 unspecified atom stereocenters. The fourth-order valence-electron chi connectivity index (χ4n) is 5.38.